The van der Waals surface area contributed by atoms with Gasteiger partial charge in [-0.3, -0.25) is 9.67 Å². The first-order valence-electron chi connectivity index (χ1n) is 6.21. The number of nitrogens with one attached hydrogen (secondary N) is 1. The van der Waals surface area contributed by atoms with Gasteiger partial charge in [0.2, 0.25) is 0 Å². The van der Waals surface area contributed by atoms with E-state index in [2.05, 4.69) is 36.2 Å². The highest BCUT2D eigenvalue weighted by molar-refractivity contribution is 8.15. The Balaban J connectivity index is 1.89. The monoisotopic (exact) mass is 252 g/mol. The molecular weight excluding hydrogens is 232 g/mol. The van der Waals surface area contributed by atoms with Crippen molar-refractivity contribution in [1.82, 2.24) is 9.78 Å². The Kier molecular flexibility index (Phi) is 4.10. The summed E-state index contributed by atoms with van der Waals surface area (Å²) in [5, 5.41) is 9.33. The van der Waals surface area contributed by atoms with Crippen molar-refractivity contribution in [2.45, 2.75) is 44.9 Å². The lowest BCUT2D eigenvalue weighted by atomic mass is 10.2. The maximum atomic E-state index is 4.52. The van der Waals surface area contributed by atoms with E-state index in [4.69, 9.17) is 0 Å². The Bertz CT molecular complexity index is 397. The summed E-state index contributed by atoms with van der Waals surface area (Å²) in [5.41, 5.74) is 1.03. The van der Waals surface area contributed by atoms with Gasteiger partial charge in [-0.1, -0.05) is 25.1 Å². The van der Waals surface area contributed by atoms with Crippen LogP contribution in [0.25, 0.3) is 0 Å². The molecule has 0 fully saturated rings. The third kappa shape index (κ3) is 3.25. The van der Waals surface area contributed by atoms with Crippen molar-refractivity contribution in [3.8, 4) is 0 Å². The van der Waals surface area contributed by atoms with Crippen LogP contribution in [0, 0.1) is 0 Å². The van der Waals surface area contributed by atoms with Crippen molar-refractivity contribution < 1.29 is 0 Å². The van der Waals surface area contributed by atoms with Crippen LogP contribution >= 0.6 is 11.8 Å². The Morgan fingerprint density at radius 1 is 1.59 bits per heavy atom. The topological polar surface area (TPSA) is 42.2 Å². The van der Waals surface area contributed by atoms with E-state index in [0.29, 0.717) is 11.3 Å². The lowest BCUT2D eigenvalue weighted by Crippen LogP contribution is -2.07. The minimum absolute atomic E-state index is 0.400. The van der Waals surface area contributed by atoms with Crippen LogP contribution in [-0.2, 0) is 0 Å². The fraction of sp³-hybridized carbons (Fsp3) is 0.667. The average Bonchev–Trinajstić information content (AvgIpc) is 2.89. The first-order valence-corrected chi connectivity index (χ1v) is 7.09. The van der Waals surface area contributed by atoms with Crippen LogP contribution in [0.5, 0.6) is 0 Å². The highest BCUT2D eigenvalue weighted by atomic mass is 32.2. The van der Waals surface area contributed by atoms with E-state index < -0.39 is 0 Å². The lowest BCUT2D eigenvalue weighted by molar-refractivity contribution is 0.532. The molecule has 17 heavy (non-hydrogen) atoms. The molecule has 1 aromatic heterocycles. The molecule has 0 radical (unpaired) electrons. The third-order valence-corrected chi connectivity index (χ3v) is 3.88. The van der Waals surface area contributed by atoms with Gasteiger partial charge in [0.25, 0.3) is 0 Å². The maximum Gasteiger partial charge on any atom is 0.161 e. The number of anilines is 1. The molecule has 2 rings (SSSR count). The lowest BCUT2D eigenvalue weighted by Gasteiger charge is -2.06. The Morgan fingerprint density at radius 2 is 2.41 bits per heavy atom. The minimum atomic E-state index is 0.400. The van der Waals surface area contributed by atoms with E-state index in [-0.39, 0.29) is 0 Å². The van der Waals surface area contributed by atoms with Gasteiger partial charge in [0.15, 0.2) is 5.17 Å². The second-order valence-electron chi connectivity index (χ2n) is 4.60. The predicted molar refractivity (Wildman–Crippen MR) is 74.8 cm³/mol. The van der Waals surface area contributed by atoms with Gasteiger partial charge >= 0.3 is 0 Å². The van der Waals surface area contributed by atoms with Gasteiger partial charge in [-0.15, -0.1) is 0 Å². The SMILES string of the molecule is CCCC1CN=C(Nc2cnn(C(C)C)c2)S1. The molecule has 0 spiro atoms. The smallest absolute Gasteiger partial charge is 0.161 e. The summed E-state index contributed by atoms with van der Waals surface area (Å²) >= 11 is 1.85. The van der Waals surface area contributed by atoms with Gasteiger partial charge in [0.05, 0.1) is 18.4 Å². The van der Waals surface area contributed by atoms with Crippen molar-refractivity contribution in [3.05, 3.63) is 12.4 Å². The quantitative estimate of drug-likeness (QED) is 0.895. The molecule has 2 heterocycles. The number of thioether (sulfide) groups is 1. The normalized spacial score (nSPS) is 19.8. The van der Waals surface area contributed by atoms with E-state index in [1.807, 2.05) is 28.8 Å². The van der Waals surface area contributed by atoms with Gasteiger partial charge in [-0.05, 0) is 20.3 Å². The number of hydrogen-bond donors (Lipinski definition) is 1. The summed E-state index contributed by atoms with van der Waals surface area (Å²) in [6.07, 6.45) is 6.35. The van der Waals surface area contributed by atoms with Gasteiger partial charge in [0, 0.05) is 17.5 Å². The van der Waals surface area contributed by atoms with Crippen LogP contribution in [0.1, 0.15) is 39.7 Å². The number of aliphatic imine (C=N–C) groups is 1. The predicted octanol–water partition coefficient (Wildman–Crippen LogP) is 3.15. The molecule has 94 valence electrons. The van der Waals surface area contributed by atoms with Crippen molar-refractivity contribution in [2.75, 3.05) is 11.9 Å². The highest BCUT2D eigenvalue weighted by Gasteiger charge is 2.18. The third-order valence-electron chi connectivity index (χ3n) is 2.71. The molecule has 1 N–H and O–H groups in total. The molecule has 0 saturated heterocycles. The Labute approximate surface area is 107 Å². The molecule has 0 aliphatic carbocycles. The van der Waals surface area contributed by atoms with E-state index in [0.717, 1.165) is 17.4 Å². The Morgan fingerprint density at radius 3 is 3.06 bits per heavy atom. The molecule has 1 atom stereocenters. The van der Waals surface area contributed by atoms with Gasteiger partial charge in [-0.2, -0.15) is 5.10 Å². The van der Waals surface area contributed by atoms with E-state index >= 15 is 0 Å². The summed E-state index contributed by atoms with van der Waals surface area (Å²) in [6, 6.07) is 0.400. The molecular formula is C12H20N4S. The van der Waals surface area contributed by atoms with E-state index in [9.17, 15) is 0 Å². The first kappa shape index (κ1) is 12.5. The number of hydrogen-bond acceptors (Lipinski definition) is 4. The highest BCUT2D eigenvalue weighted by Crippen LogP contribution is 2.25. The molecule has 5 heteroatoms. The zero-order chi connectivity index (χ0) is 12.3. The van der Waals surface area contributed by atoms with Gasteiger partial charge < -0.3 is 5.32 Å². The molecule has 1 aliphatic rings. The summed E-state index contributed by atoms with van der Waals surface area (Å²) in [5.74, 6) is 0. The molecule has 0 amide bonds. The van der Waals surface area contributed by atoms with Crippen LogP contribution in [0.15, 0.2) is 17.4 Å². The zero-order valence-electron chi connectivity index (χ0n) is 10.7. The van der Waals surface area contributed by atoms with Crippen LogP contribution in [-0.4, -0.2) is 26.7 Å². The van der Waals surface area contributed by atoms with Gasteiger partial charge in [-0.25, -0.2) is 0 Å². The van der Waals surface area contributed by atoms with Crippen molar-refractivity contribution >= 4 is 22.6 Å². The Hall–Kier alpha value is -0.970. The van der Waals surface area contributed by atoms with E-state index in [1.54, 1.807) is 0 Å². The average molecular weight is 252 g/mol. The summed E-state index contributed by atoms with van der Waals surface area (Å²) in [6.45, 7) is 7.41. The largest absolute Gasteiger partial charge is 0.332 e. The fourth-order valence-corrected chi connectivity index (χ4v) is 2.91. The molecule has 0 saturated carbocycles. The summed E-state index contributed by atoms with van der Waals surface area (Å²) in [7, 11) is 0. The summed E-state index contributed by atoms with van der Waals surface area (Å²) in [4.78, 5) is 4.52. The van der Waals surface area contributed by atoms with E-state index in [1.165, 1.54) is 12.8 Å². The molecule has 4 nitrogen and oxygen atoms in total. The van der Waals surface area contributed by atoms with Crippen molar-refractivity contribution in [2.24, 2.45) is 4.99 Å². The second kappa shape index (κ2) is 5.58. The molecule has 0 aromatic carbocycles. The standard InChI is InChI=1S/C12H20N4S/c1-4-5-11-7-13-12(17-11)15-10-6-14-16(8-10)9(2)3/h6,8-9,11H,4-5,7H2,1-3H3,(H,13,15). The zero-order valence-corrected chi connectivity index (χ0v) is 11.5. The molecule has 1 unspecified atom stereocenters. The van der Waals surface area contributed by atoms with Crippen LogP contribution in [0.2, 0.25) is 0 Å². The number of nitrogens with zero attached hydrogens (tertiary/aromatic N) is 3. The van der Waals surface area contributed by atoms with Crippen molar-refractivity contribution in [3.63, 3.8) is 0 Å². The second-order valence-corrected chi connectivity index (χ2v) is 5.89. The van der Waals surface area contributed by atoms with Crippen LogP contribution in [0.3, 0.4) is 0 Å². The fourth-order valence-electron chi connectivity index (χ4n) is 1.77. The first-order chi connectivity index (χ1) is 8.19. The number of rotatable bonds is 4. The number of amidine groups is 1. The molecule has 1 aliphatic heterocycles. The van der Waals surface area contributed by atoms with Gasteiger partial charge in [0.1, 0.15) is 0 Å². The summed E-state index contributed by atoms with van der Waals surface area (Å²) < 4.78 is 1.95. The minimum Gasteiger partial charge on any atom is -0.332 e. The van der Waals surface area contributed by atoms with Crippen LogP contribution < -0.4 is 5.32 Å². The molecule has 0 bridgehead atoms. The van der Waals surface area contributed by atoms with Crippen molar-refractivity contribution in [1.29, 1.82) is 0 Å². The number of aromatic nitrogens is 2. The van der Waals surface area contributed by atoms with Crippen LogP contribution in [0.4, 0.5) is 5.69 Å². The molecule has 1 aromatic rings. The maximum absolute atomic E-state index is 4.52.